The smallest absolute Gasteiger partial charge is 0.192 e. The minimum absolute atomic E-state index is 0.214. The molecule has 0 unspecified atom stereocenters. The van der Waals surface area contributed by atoms with Crippen molar-refractivity contribution in [3.8, 4) is 0 Å². The van der Waals surface area contributed by atoms with E-state index in [2.05, 4.69) is 52.3 Å². The van der Waals surface area contributed by atoms with Crippen LogP contribution in [0.5, 0.6) is 0 Å². The van der Waals surface area contributed by atoms with E-state index in [9.17, 15) is 0 Å². The van der Waals surface area contributed by atoms with Crippen LogP contribution in [-0.2, 0) is 6.42 Å². The molecule has 0 radical (unpaired) electrons. The highest BCUT2D eigenvalue weighted by Gasteiger charge is 2.39. The molecule has 2 aromatic rings. The number of aliphatic imine (C=N–C) groups is 1. The van der Waals surface area contributed by atoms with Gasteiger partial charge in [0.1, 0.15) is 0 Å². The topological polar surface area (TPSA) is 54.5 Å². The Morgan fingerprint density at radius 2 is 1.83 bits per heavy atom. The number of aryl methyl sites for hydroxylation is 1. The number of rotatable bonds is 4. The van der Waals surface area contributed by atoms with E-state index in [4.69, 9.17) is 10.7 Å². The highest BCUT2D eigenvalue weighted by atomic mass is 15.3. The fourth-order valence-electron chi connectivity index (χ4n) is 4.16. The van der Waals surface area contributed by atoms with Crippen LogP contribution in [0.4, 0.5) is 0 Å². The summed E-state index contributed by atoms with van der Waals surface area (Å²) in [6, 6.07) is 16.0. The van der Waals surface area contributed by atoms with Crippen molar-refractivity contribution in [3.63, 3.8) is 0 Å². The third kappa shape index (κ3) is 3.01. The fraction of sp³-hybridized carbons (Fsp3) is 0.400. The average Bonchev–Trinajstić information content (AvgIpc) is 3.05. The summed E-state index contributed by atoms with van der Waals surface area (Å²) < 4.78 is 0. The number of guanidine groups is 1. The third-order valence-electron chi connectivity index (χ3n) is 5.37. The lowest BCUT2D eigenvalue weighted by Gasteiger charge is -2.37. The van der Waals surface area contributed by atoms with Crippen molar-refractivity contribution in [1.82, 2.24) is 9.88 Å². The zero-order chi connectivity index (χ0) is 16.4. The quantitative estimate of drug-likeness (QED) is 0.940. The highest BCUT2D eigenvalue weighted by molar-refractivity contribution is 5.80. The molecule has 2 aliphatic heterocycles. The van der Waals surface area contributed by atoms with Gasteiger partial charge < -0.3 is 10.6 Å². The van der Waals surface area contributed by atoms with Gasteiger partial charge in [0.15, 0.2) is 5.96 Å². The monoisotopic (exact) mass is 320 g/mol. The van der Waals surface area contributed by atoms with Gasteiger partial charge in [0.25, 0.3) is 0 Å². The van der Waals surface area contributed by atoms with Crippen molar-refractivity contribution in [1.29, 1.82) is 0 Å². The molecule has 2 aliphatic rings. The van der Waals surface area contributed by atoms with Gasteiger partial charge in [-0.1, -0.05) is 30.3 Å². The maximum Gasteiger partial charge on any atom is 0.192 e. The molecule has 0 saturated carbocycles. The summed E-state index contributed by atoms with van der Waals surface area (Å²) in [5.41, 5.74) is 9.00. The second kappa shape index (κ2) is 6.63. The first kappa shape index (κ1) is 15.2. The van der Waals surface area contributed by atoms with Crippen LogP contribution in [0.3, 0.4) is 0 Å². The number of nitrogens with two attached hydrogens (primary N) is 1. The molecule has 124 valence electrons. The van der Waals surface area contributed by atoms with Crippen molar-refractivity contribution in [2.45, 2.75) is 50.2 Å². The predicted octanol–water partition coefficient (Wildman–Crippen LogP) is 3.31. The van der Waals surface area contributed by atoms with Gasteiger partial charge >= 0.3 is 0 Å². The molecular formula is C20H24N4. The van der Waals surface area contributed by atoms with Gasteiger partial charge in [0.05, 0.1) is 6.04 Å². The summed E-state index contributed by atoms with van der Waals surface area (Å²) in [5.74, 6) is 0.734. The molecule has 1 aromatic carbocycles. The van der Waals surface area contributed by atoms with Crippen LogP contribution in [-0.4, -0.2) is 27.9 Å². The molecule has 3 heterocycles. The van der Waals surface area contributed by atoms with Gasteiger partial charge in [-0.2, -0.15) is 0 Å². The largest absolute Gasteiger partial charge is 0.370 e. The van der Waals surface area contributed by atoms with E-state index in [-0.39, 0.29) is 6.04 Å². The zero-order valence-corrected chi connectivity index (χ0v) is 13.9. The van der Waals surface area contributed by atoms with Crippen LogP contribution in [0.25, 0.3) is 0 Å². The number of pyridine rings is 1. The SMILES string of the molecule is NC1=N[C@@H](c2ccccc2)C[C@H]2CC[C@H](CCc3ccncc3)N12. The van der Waals surface area contributed by atoms with Gasteiger partial charge in [-0.25, -0.2) is 4.99 Å². The summed E-state index contributed by atoms with van der Waals surface area (Å²) in [7, 11) is 0. The van der Waals surface area contributed by atoms with Gasteiger partial charge in [0, 0.05) is 24.5 Å². The first-order valence-corrected chi connectivity index (χ1v) is 8.87. The van der Waals surface area contributed by atoms with Crippen molar-refractivity contribution in [3.05, 3.63) is 66.0 Å². The third-order valence-corrected chi connectivity index (χ3v) is 5.37. The Morgan fingerprint density at radius 3 is 2.62 bits per heavy atom. The van der Waals surface area contributed by atoms with Gasteiger partial charge in [-0.15, -0.1) is 0 Å². The summed E-state index contributed by atoms with van der Waals surface area (Å²) in [6.45, 7) is 0. The second-order valence-electron chi connectivity index (χ2n) is 6.84. The van der Waals surface area contributed by atoms with Gasteiger partial charge in [-0.05, 0) is 55.4 Å². The van der Waals surface area contributed by atoms with Gasteiger partial charge in [-0.3, -0.25) is 4.98 Å². The van der Waals surface area contributed by atoms with Crippen LogP contribution in [0.15, 0.2) is 59.9 Å². The van der Waals surface area contributed by atoms with E-state index in [0.717, 1.165) is 25.2 Å². The second-order valence-corrected chi connectivity index (χ2v) is 6.84. The van der Waals surface area contributed by atoms with E-state index in [1.807, 2.05) is 12.4 Å². The number of nitrogens with zero attached hydrogens (tertiary/aromatic N) is 3. The van der Waals surface area contributed by atoms with Crippen molar-refractivity contribution >= 4 is 5.96 Å². The van der Waals surface area contributed by atoms with Crippen LogP contribution in [0, 0.1) is 0 Å². The summed E-state index contributed by atoms with van der Waals surface area (Å²) in [6.07, 6.45) is 9.46. The maximum atomic E-state index is 6.37. The van der Waals surface area contributed by atoms with Crippen LogP contribution < -0.4 is 5.73 Å². The molecule has 4 nitrogen and oxygen atoms in total. The summed E-state index contributed by atoms with van der Waals surface area (Å²) in [5, 5.41) is 0. The first-order valence-electron chi connectivity index (χ1n) is 8.87. The molecule has 0 aliphatic carbocycles. The number of fused-ring (bicyclic) bond motifs is 1. The standard InChI is InChI=1S/C20H24N4/c21-20-23-19(16-4-2-1-3-5-16)14-18-9-8-17(24(18)20)7-6-15-10-12-22-13-11-15/h1-5,10-13,17-19H,6-9,14H2,(H2,21,23)/t17-,18+,19+/m0/s1. The molecule has 1 aromatic heterocycles. The van der Waals surface area contributed by atoms with Gasteiger partial charge in [0.2, 0.25) is 0 Å². The van der Waals surface area contributed by atoms with Crippen LogP contribution in [0.1, 0.15) is 42.9 Å². The highest BCUT2D eigenvalue weighted by Crippen LogP contribution is 2.37. The molecule has 1 saturated heterocycles. The van der Waals surface area contributed by atoms with Crippen molar-refractivity contribution in [2.24, 2.45) is 10.7 Å². The normalized spacial score (nSPS) is 26.1. The molecule has 3 atom stereocenters. The van der Waals surface area contributed by atoms with Crippen LogP contribution in [0.2, 0.25) is 0 Å². The molecule has 24 heavy (non-hydrogen) atoms. The Balaban J connectivity index is 1.46. The Labute approximate surface area is 143 Å². The van der Waals surface area contributed by atoms with Crippen LogP contribution >= 0.6 is 0 Å². The van der Waals surface area contributed by atoms with Crippen molar-refractivity contribution < 1.29 is 0 Å². The lowest BCUT2D eigenvalue weighted by Crippen LogP contribution is -2.48. The fourth-order valence-corrected chi connectivity index (χ4v) is 4.16. The molecule has 0 bridgehead atoms. The molecule has 1 fully saturated rings. The summed E-state index contributed by atoms with van der Waals surface area (Å²) >= 11 is 0. The van der Waals surface area contributed by atoms with E-state index in [1.54, 1.807) is 0 Å². The number of hydrogen-bond donors (Lipinski definition) is 1. The molecule has 0 spiro atoms. The minimum atomic E-state index is 0.214. The Morgan fingerprint density at radius 1 is 1.04 bits per heavy atom. The number of aromatic nitrogens is 1. The number of hydrogen-bond acceptors (Lipinski definition) is 4. The minimum Gasteiger partial charge on any atom is -0.370 e. The van der Waals surface area contributed by atoms with E-state index < -0.39 is 0 Å². The number of benzene rings is 1. The molecule has 0 amide bonds. The lowest BCUT2D eigenvalue weighted by molar-refractivity contribution is 0.256. The molecule has 4 heteroatoms. The Bertz CT molecular complexity index is 698. The maximum absolute atomic E-state index is 6.37. The van der Waals surface area contributed by atoms with E-state index in [0.29, 0.717) is 12.1 Å². The molecule has 4 rings (SSSR count). The van der Waals surface area contributed by atoms with E-state index >= 15 is 0 Å². The summed E-state index contributed by atoms with van der Waals surface area (Å²) in [4.78, 5) is 11.3. The molecular weight excluding hydrogens is 296 g/mol. The van der Waals surface area contributed by atoms with Crippen molar-refractivity contribution in [2.75, 3.05) is 0 Å². The zero-order valence-electron chi connectivity index (χ0n) is 13.9. The average molecular weight is 320 g/mol. The first-order chi connectivity index (χ1) is 11.8. The lowest BCUT2D eigenvalue weighted by atomic mass is 9.97. The molecule has 2 N–H and O–H groups in total. The predicted molar refractivity (Wildman–Crippen MR) is 96.6 cm³/mol. The Hall–Kier alpha value is -2.36. The van der Waals surface area contributed by atoms with E-state index in [1.165, 1.54) is 24.0 Å². The Kier molecular flexibility index (Phi) is 4.20.